The van der Waals surface area contributed by atoms with Gasteiger partial charge in [-0.2, -0.15) is 0 Å². The van der Waals surface area contributed by atoms with Crippen molar-refractivity contribution in [3.63, 3.8) is 0 Å². The summed E-state index contributed by atoms with van der Waals surface area (Å²) >= 11 is 0. The fourth-order valence-corrected chi connectivity index (χ4v) is 2.90. The predicted octanol–water partition coefficient (Wildman–Crippen LogP) is 1.55. The van der Waals surface area contributed by atoms with Crippen molar-refractivity contribution in [1.29, 1.82) is 0 Å². The van der Waals surface area contributed by atoms with Gasteiger partial charge in [0.25, 0.3) is 0 Å². The molecule has 1 aromatic carbocycles. The third-order valence-corrected chi connectivity index (χ3v) is 4.25. The Hall–Kier alpha value is -1.92. The van der Waals surface area contributed by atoms with Crippen LogP contribution in [0.25, 0.3) is 11.1 Å². The van der Waals surface area contributed by atoms with Gasteiger partial charge in [0.1, 0.15) is 5.52 Å². The second kappa shape index (κ2) is 7.57. The van der Waals surface area contributed by atoms with E-state index >= 15 is 0 Å². The van der Waals surface area contributed by atoms with Gasteiger partial charge in [0.2, 0.25) is 0 Å². The highest BCUT2D eigenvalue weighted by Crippen LogP contribution is 2.16. The van der Waals surface area contributed by atoms with Crippen molar-refractivity contribution in [1.82, 2.24) is 14.8 Å². The minimum absolute atomic E-state index is 0.158. The molecule has 0 N–H and O–H groups in total. The lowest BCUT2D eigenvalue weighted by atomic mass is 10.2. The lowest BCUT2D eigenvalue weighted by molar-refractivity contribution is -0.142. The van der Waals surface area contributed by atoms with Gasteiger partial charge in [-0.05, 0) is 25.1 Å². The number of oxazole rings is 1. The standard InChI is InChI=1S/C17H23N3O3/c1-22-17(21)13-20-11-9-19(10-12-20)8-4-7-16-18-14-5-2-3-6-15(14)23-16/h2-3,5-6H,4,7-13H2,1H3. The van der Waals surface area contributed by atoms with Gasteiger partial charge < -0.3 is 14.1 Å². The van der Waals surface area contributed by atoms with Gasteiger partial charge in [0.15, 0.2) is 11.5 Å². The molecule has 0 bridgehead atoms. The summed E-state index contributed by atoms with van der Waals surface area (Å²) in [5.41, 5.74) is 1.79. The van der Waals surface area contributed by atoms with Crippen LogP contribution in [0.1, 0.15) is 12.3 Å². The summed E-state index contributed by atoms with van der Waals surface area (Å²) in [7, 11) is 1.44. The van der Waals surface area contributed by atoms with Crippen LogP contribution in [0.15, 0.2) is 28.7 Å². The number of carbonyl (C=O) groups is 1. The van der Waals surface area contributed by atoms with Crippen LogP contribution in [0.4, 0.5) is 0 Å². The molecule has 2 heterocycles. The van der Waals surface area contributed by atoms with Crippen LogP contribution in [0.2, 0.25) is 0 Å². The van der Waals surface area contributed by atoms with Crippen LogP contribution in [0.3, 0.4) is 0 Å². The van der Waals surface area contributed by atoms with E-state index in [1.54, 1.807) is 0 Å². The number of carbonyl (C=O) groups excluding carboxylic acids is 1. The maximum atomic E-state index is 11.3. The van der Waals surface area contributed by atoms with Crippen LogP contribution < -0.4 is 0 Å². The number of nitrogens with zero attached hydrogens (tertiary/aromatic N) is 3. The highest BCUT2D eigenvalue weighted by atomic mass is 16.5. The second-order valence-electron chi connectivity index (χ2n) is 5.87. The normalized spacial score (nSPS) is 16.7. The summed E-state index contributed by atoms with van der Waals surface area (Å²) in [4.78, 5) is 20.3. The molecular weight excluding hydrogens is 294 g/mol. The molecule has 23 heavy (non-hydrogen) atoms. The average Bonchev–Trinajstić information content (AvgIpc) is 2.99. The molecule has 1 aliphatic heterocycles. The zero-order valence-electron chi connectivity index (χ0n) is 13.5. The highest BCUT2D eigenvalue weighted by Gasteiger charge is 2.18. The largest absolute Gasteiger partial charge is 0.468 e. The maximum absolute atomic E-state index is 11.3. The number of fused-ring (bicyclic) bond motifs is 1. The molecule has 6 nitrogen and oxygen atoms in total. The van der Waals surface area contributed by atoms with Crippen LogP contribution in [-0.2, 0) is 16.0 Å². The van der Waals surface area contributed by atoms with Gasteiger partial charge in [-0.1, -0.05) is 12.1 Å². The molecule has 124 valence electrons. The van der Waals surface area contributed by atoms with Crippen molar-refractivity contribution in [2.24, 2.45) is 0 Å². The molecule has 1 fully saturated rings. The van der Waals surface area contributed by atoms with Crippen molar-refractivity contribution >= 4 is 17.1 Å². The minimum Gasteiger partial charge on any atom is -0.468 e. The quantitative estimate of drug-likeness (QED) is 0.754. The summed E-state index contributed by atoms with van der Waals surface area (Å²) in [6, 6.07) is 7.86. The summed E-state index contributed by atoms with van der Waals surface area (Å²) in [5.74, 6) is 0.657. The zero-order valence-corrected chi connectivity index (χ0v) is 13.5. The number of rotatable bonds is 6. The van der Waals surface area contributed by atoms with Gasteiger partial charge >= 0.3 is 5.97 Å². The van der Waals surface area contributed by atoms with Crippen molar-refractivity contribution < 1.29 is 13.9 Å². The van der Waals surface area contributed by atoms with Crippen molar-refractivity contribution in [3.05, 3.63) is 30.2 Å². The monoisotopic (exact) mass is 317 g/mol. The predicted molar refractivity (Wildman–Crippen MR) is 87.2 cm³/mol. The van der Waals surface area contributed by atoms with Gasteiger partial charge in [0, 0.05) is 32.6 Å². The number of esters is 1. The molecular formula is C17H23N3O3. The summed E-state index contributed by atoms with van der Waals surface area (Å²) in [5, 5.41) is 0. The second-order valence-corrected chi connectivity index (χ2v) is 5.87. The third kappa shape index (κ3) is 4.30. The number of piperazine rings is 1. The van der Waals surface area contributed by atoms with Crippen LogP contribution in [-0.4, -0.2) is 67.1 Å². The van der Waals surface area contributed by atoms with Gasteiger partial charge in [-0.3, -0.25) is 9.69 Å². The maximum Gasteiger partial charge on any atom is 0.319 e. The number of hydrogen-bond acceptors (Lipinski definition) is 6. The van der Waals surface area contributed by atoms with Crippen LogP contribution in [0.5, 0.6) is 0 Å². The SMILES string of the molecule is COC(=O)CN1CCN(CCCc2nc3ccccc3o2)CC1. The van der Waals surface area contributed by atoms with Crippen LogP contribution in [0, 0.1) is 0 Å². The fraction of sp³-hybridized carbons (Fsp3) is 0.529. The first-order chi connectivity index (χ1) is 11.2. The summed E-state index contributed by atoms with van der Waals surface area (Å²) in [6.07, 6.45) is 1.89. The Morgan fingerprint density at radius 2 is 1.96 bits per heavy atom. The molecule has 2 aromatic rings. The first kappa shape index (κ1) is 16.0. The van der Waals surface area contributed by atoms with E-state index in [0.29, 0.717) is 6.54 Å². The van der Waals surface area contributed by atoms with E-state index in [-0.39, 0.29) is 5.97 Å². The molecule has 0 radical (unpaired) electrons. The molecule has 1 aromatic heterocycles. The van der Waals surface area contributed by atoms with Crippen molar-refractivity contribution in [2.75, 3.05) is 46.4 Å². The Morgan fingerprint density at radius 3 is 2.70 bits per heavy atom. The van der Waals surface area contributed by atoms with E-state index in [1.807, 2.05) is 24.3 Å². The third-order valence-electron chi connectivity index (χ3n) is 4.25. The van der Waals surface area contributed by atoms with E-state index < -0.39 is 0 Å². The van der Waals surface area contributed by atoms with E-state index in [9.17, 15) is 4.79 Å². The van der Waals surface area contributed by atoms with E-state index in [4.69, 9.17) is 9.15 Å². The number of aryl methyl sites for hydroxylation is 1. The first-order valence-electron chi connectivity index (χ1n) is 8.10. The Bertz CT molecular complexity index is 614. The lowest BCUT2D eigenvalue weighted by Gasteiger charge is -2.33. The average molecular weight is 317 g/mol. The number of para-hydroxylation sites is 2. The molecule has 1 aliphatic rings. The number of ether oxygens (including phenoxy) is 1. The molecule has 0 amide bonds. The zero-order chi connectivity index (χ0) is 16.1. The van der Waals surface area contributed by atoms with Crippen molar-refractivity contribution in [2.45, 2.75) is 12.8 Å². The smallest absolute Gasteiger partial charge is 0.319 e. The number of benzene rings is 1. The van der Waals surface area contributed by atoms with E-state index in [1.165, 1.54) is 7.11 Å². The van der Waals surface area contributed by atoms with Gasteiger partial charge in [-0.25, -0.2) is 4.98 Å². The molecule has 0 atom stereocenters. The lowest BCUT2D eigenvalue weighted by Crippen LogP contribution is -2.48. The van der Waals surface area contributed by atoms with Crippen molar-refractivity contribution in [3.8, 4) is 0 Å². The number of methoxy groups -OCH3 is 1. The van der Waals surface area contributed by atoms with Crippen LogP contribution >= 0.6 is 0 Å². The number of hydrogen-bond donors (Lipinski definition) is 0. The minimum atomic E-state index is -0.158. The fourth-order valence-electron chi connectivity index (χ4n) is 2.90. The number of aromatic nitrogens is 1. The van der Waals surface area contributed by atoms with Gasteiger partial charge in [-0.15, -0.1) is 0 Å². The summed E-state index contributed by atoms with van der Waals surface area (Å²) < 4.78 is 10.4. The molecule has 0 saturated carbocycles. The molecule has 0 aliphatic carbocycles. The van der Waals surface area contributed by atoms with Gasteiger partial charge in [0.05, 0.1) is 13.7 Å². The Balaban J connectivity index is 1.39. The Kier molecular flexibility index (Phi) is 5.25. The topological polar surface area (TPSA) is 58.8 Å². The Labute approximate surface area is 136 Å². The van der Waals surface area contributed by atoms with E-state index in [2.05, 4.69) is 14.8 Å². The first-order valence-corrected chi connectivity index (χ1v) is 8.10. The molecule has 3 rings (SSSR count). The molecule has 0 spiro atoms. The summed E-state index contributed by atoms with van der Waals surface area (Å²) in [6.45, 7) is 5.24. The molecule has 6 heteroatoms. The molecule has 0 unspecified atom stereocenters. The Morgan fingerprint density at radius 1 is 1.22 bits per heavy atom. The molecule has 1 saturated heterocycles. The highest BCUT2D eigenvalue weighted by molar-refractivity contribution is 5.72. The van der Waals surface area contributed by atoms with E-state index in [0.717, 1.165) is 62.6 Å².